The van der Waals surface area contributed by atoms with Crippen LogP contribution in [0.25, 0.3) is 0 Å². The molecule has 1 rings (SSSR count). The Kier molecular flexibility index (Phi) is 5.49. The van der Waals surface area contributed by atoms with Crippen molar-refractivity contribution in [3.63, 3.8) is 0 Å². The van der Waals surface area contributed by atoms with E-state index in [1.807, 2.05) is 0 Å². The molecule has 5 nitrogen and oxygen atoms in total. The number of rotatable bonds is 7. The van der Waals surface area contributed by atoms with Crippen molar-refractivity contribution in [1.82, 2.24) is 4.31 Å². The molecule has 0 aliphatic carbocycles. The predicted octanol–water partition coefficient (Wildman–Crippen LogP) is 1.17. The quantitative estimate of drug-likeness (QED) is 0.766. The SMILES string of the molecule is CN(CC(F)F)S(=O)(=O)CCOc1cccc(N)c1. The van der Waals surface area contributed by atoms with Gasteiger partial charge in [-0.15, -0.1) is 0 Å². The van der Waals surface area contributed by atoms with Crippen molar-refractivity contribution in [3.05, 3.63) is 24.3 Å². The highest BCUT2D eigenvalue weighted by atomic mass is 32.2. The van der Waals surface area contributed by atoms with Crippen LogP contribution >= 0.6 is 0 Å². The standard InChI is InChI=1S/C11H16F2N2O3S/c1-15(8-11(12)13)19(16,17)6-5-18-10-4-2-3-9(14)7-10/h2-4,7,11H,5-6,8,14H2,1H3. The fourth-order valence-electron chi connectivity index (χ4n) is 1.33. The monoisotopic (exact) mass is 294 g/mol. The maximum atomic E-state index is 12.1. The van der Waals surface area contributed by atoms with Gasteiger partial charge in [-0.1, -0.05) is 6.07 Å². The van der Waals surface area contributed by atoms with Gasteiger partial charge in [0.15, 0.2) is 0 Å². The predicted molar refractivity (Wildman–Crippen MR) is 68.8 cm³/mol. The van der Waals surface area contributed by atoms with Gasteiger partial charge in [0, 0.05) is 18.8 Å². The number of benzene rings is 1. The Morgan fingerprint density at radius 2 is 2.11 bits per heavy atom. The summed E-state index contributed by atoms with van der Waals surface area (Å²) in [6, 6.07) is 6.52. The highest BCUT2D eigenvalue weighted by Gasteiger charge is 2.21. The third-order valence-corrected chi connectivity index (χ3v) is 4.12. The van der Waals surface area contributed by atoms with Gasteiger partial charge in [-0.05, 0) is 12.1 Å². The Balaban J connectivity index is 2.48. The summed E-state index contributed by atoms with van der Waals surface area (Å²) >= 11 is 0. The minimum Gasteiger partial charge on any atom is -0.492 e. The molecule has 0 spiro atoms. The maximum Gasteiger partial charge on any atom is 0.252 e. The number of halogens is 2. The Morgan fingerprint density at radius 3 is 2.68 bits per heavy atom. The number of nitrogens with zero attached hydrogens (tertiary/aromatic N) is 1. The van der Waals surface area contributed by atoms with E-state index < -0.39 is 23.0 Å². The summed E-state index contributed by atoms with van der Waals surface area (Å²) < 4.78 is 53.2. The molecule has 0 saturated carbocycles. The van der Waals surface area contributed by atoms with Gasteiger partial charge >= 0.3 is 0 Å². The molecule has 0 unspecified atom stereocenters. The molecule has 2 N–H and O–H groups in total. The summed E-state index contributed by atoms with van der Waals surface area (Å²) in [5, 5.41) is 0. The maximum absolute atomic E-state index is 12.1. The lowest BCUT2D eigenvalue weighted by Crippen LogP contribution is -2.34. The molecule has 0 heterocycles. The lowest BCUT2D eigenvalue weighted by Gasteiger charge is -2.16. The number of alkyl halides is 2. The zero-order valence-corrected chi connectivity index (χ0v) is 11.2. The highest BCUT2D eigenvalue weighted by molar-refractivity contribution is 7.89. The van der Waals surface area contributed by atoms with Gasteiger partial charge in [0.2, 0.25) is 10.0 Å². The lowest BCUT2D eigenvalue weighted by molar-refractivity contribution is 0.126. The third kappa shape index (κ3) is 5.39. The molecule has 0 fully saturated rings. The zero-order chi connectivity index (χ0) is 14.5. The van der Waals surface area contributed by atoms with Gasteiger partial charge in [-0.3, -0.25) is 0 Å². The van der Waals surface area contributed by atoms with E-state index in [-0.39, 0.29) is 12.4 Å². The van der Waals surface area contributed by atoms with Crippen LogP contribution in [0.5, 0.6) is 5.75 Å². The van der Waals surface area contributed by atoms with Gasteiger partial charge in [-0.2, -0.15) is 4.31 Å². The smallest absolute Gasteiger partial charge is 0.252 e. The average Bonchev–Trinajstić information content (AvgIpc) is 2.27. The topological polar surface area (TPSA) is 72.6 Å². The van der Waals surface area contributed by atoms with Crippen molar-refractivity contribution in [3.8, 4) is 5.75 Å². The molecule has 0 saturated heterocycles. The molecule has 8 heteroatoms. The Bertz CT molecular complexity index is 508. The van der Waals surface area contributed by atoms with Gasteiger partial charge in [0.05, 0.1) is 12.3 Å². The van der Waals surface area contributed by atoms with E-state index in [2.05, 4.69) is 0 Å². The molecule has 108 valence electrons. The molecule has 0 aromatic heterocycles. The van der Waals surface area contributed by atoms with Crippen LogP contribution in [0.4, 0.5) is 14.5 Å². The van der Waals surface area contributed by atoms with Crippen LogP contribution in [-0.2, 0) is 10.0 Å². The first-order chi connectivity index (χ1) is 8.81. The summed E-state index contributed by atoms with van der Waals surface area (Å²) in [7, 11) is -2.63. The van der Waals surface area contributed by atoms with E-state index >= 15 is 0 Å². The molecule has 19 heavy (non-hydrogen) atoms. The van der Waals surface area contributed by atoms with Crippen molar-refractivity contribution in [2.75, 3.05) is 31.7 Å². The molecular formula is C11H16F2N2O3S. The van der Waals surface area contributed by atoms with Crippen molar-refractivity contribution in [1.29, 1.82) is 0 Å². The van der Waals surface area contributed by atoms with E-state index in [9.17, 15) is 17.2 Å². The van der Waals surface area contributed by atoms with E-state index in [1.165, 1.54) is 0 Å². The Labute approximate surface area is 111 Å². The van der Waals surface area contributed by atoms with Crippen LogP contribution in [0.15, 0.2) is 24.3 Å². The van der Waals surface area contributed by atoms with Crippen molar-refractivity contribution < 1.29 is 21.9 Å². The second-order valence-electron chi connectivity index (χ2n) is 3.91. The molecule has 1 aromatic rings. The van der Waals surface area contributed by atoms with Crippen LogP contribution in [0.2, 0.25) is 0 Å². The second kappa shape index (κ2) is 6.67. The molecule has 0 aliphatic heterocycles. The molecule has 0 atom stereocenters. The number of nitrogen functional groups attached to an aromatic ring is 1. The van der Waals surface area contributed by atoms with E-state index in [0.717, 1.165) is 7.05 Å². The first kappa shape index (κ1) is 15.6. The molecule has 1 aromatic carbocycles. The summed E-state index contributed by atoms with van der Waals surface area (Å²) in [4.78, 5) is 0. The van der Waals surface area contributed by atoms with Crippen LogP contribution < -0.4 is 10.5 Å². The Hall–Kier alpha value is -1.41. The first-order valence-electron chi connectivity index (χ1n) is 5.52. The van der Waals surface area contributed by atoms with Gasteiger partial charge in [-0.25, -0.2) is 17.2 Å². The minimum absolute atomic E-state index is 0.126. The van der Waals surface area contributed by atoms with Crippen molar-refractivity contribution in [2.45, 2.75) is 6.43 Å². The lowest BCUT2D eigenvalue weighted by atomic mass is 10.3. The van der Waals surface area contributed by atoms with Gasteiger partial charge in [0.1, 0.15) is 12.4 Å². The summed E-state index contributed by atoms with van der Waals surface area (Å²) in [6.45, 7) is -0.944. The third-order valence-electron chi connectivity index (χ3n) is 2.34. The fourth-order valence-corrected chi connectivity index (χ4v) is 2.28. The van der Waals surface area contributed by atoms with E-state index in [0.29, 0.717) is 15.7 Å². The Morgan fingerprint density at radius 1 is 1.42 bits per heavy atom. The normalized spacial score (nSPS) is 12.1. The number of anilines is 1. The fraction of sp³-hybridized carbons (Fsp3) is 0.455. The summed E-state index contributed by atoms with van der Waals surface area (Å²) in [6.07, 6.45) is -2.70. The van der Waals surface area contributed by atoms with Gasteiger partial charge < -0.3 is 10.5 Å². The van der Waals surface area contributed by atoms with Crippen LogP contribution in [0.1, 0.15) is 0 Å². The highest BCUT2D eigenvalue weighted by Crippen LogP contribution is 2.14. The van der Waals surface area contributed by atoms with Crippen LogP contribution in [0, 0.1) is 0 Å². The number of nitrogens with two attached hydrogens (primary N) is 1. The average molecular weight is 294 g/mol. The molecular weight excluding hydrogens is 278 g/mol. The van der Waals surface area contributed by atoms with Crippen LogP contribution in [-0.4, -0.2) is 45.1 Å². The number of hydrogen-bond acceptors (Lipinski definition) is 4. The zero-order valence-electron chi connectivity index (χ0n) is 10.4. The van der Waals surface area contributed by atoms with E-state index in [1.54, 1.807) is 24.3 Å². The molecule has 0 radical (unpaired) electrons. The summed E-state index contributed by atoms with van der Waals surface area (Å²) in [5.41, 5.74) is 6.02. The van der Waals surface area contributed by atoms with Crippen molar-refractivity contribution in [2.24, 2.45) is 0 Å². The number of hydrogen-bond donors (Lipinski definition) is 1. The van der Waals surface area contributed by atoms with Crippen LogP contribution in [0.3, 0.4) is 0 Å². The molecule has 0 bridgehead atoms. The molecule has 0 aliphatic rings. The number of sulfonamides is 1. The first-order valence-corrected chi connectivity index (χ1v) is 7.12. The van der Waals surface area contributed by atoms with Crippen molar-refractivity contribution >= 4 is 15.7 Å². The minimum atomic E-state index is -3.74. The number of ether oxygens (including phenoxy) is 1. The van der Waals surface area contributed by atoms with E-state index in [4.69, 9.17) is 10.5 Å². The summed E-state index contributed by atoms with van der Waals surface area (Å²) in [5.74, 6) is 0.0668. The molecule has 0 amide bonds. The largest absolute Gasteiger partial charge is 0.492 e. The van der Waals surface area contributed by atoms with Gasteiger partial charge in [0.25, 0.3) is 6.43 Å². The second-order valence-corrected chi connectivity index (χ2v) is 6.10.